The van der Waals surface area contributed by atoms with Gasteiger partial charge in [0.1, 0.15) is 11.6 Å². The van der Waals surface area contributed by atoms with Gasteiger partial charge < -0.3 is 20.9 Å². The van der Waals surface area contributed by atoms with Crippen LogP contribution in [0.3, 0.4) is 0 Å². The van der Waals surface area contributed by atoms with Crippen molar-refractivity contribution in [1.29, 1.82) is 0 Å². The molecule has 0 bridgehead atoms. The molecule has 1 aliphatic rings. The quantitative estimate of drug-likeness (QED) is 0.210. The zero-order chi connectivity index (χ0) is 21.3. The summed E-state index contributed by atoms with van der Waals surface area (Å²) in [6.45, 7) is 2.65. The van der Waals surface area contributed by atoms with E-state index in [1.165, 1.54) is 12.1 Å². The highest BCUT2D eigenvalue weighted by Gasteiger charge is 2.25. The molecule has 1 amide bonds. The zero-order valence-corrected chi connectivity index (χ0v) is 20.4. The third-order valence-electron chi connectivity index (χ3n) is 4.81. The first-order valence-electron chi connectivity index (χ1n) is 9.89. The van der Waals surface area contributed by atoms with E-state index in [9.17, 15) is 9.18 Å². The molecule has 0 saturated carbocycles. The van der Waals surface area contributed by atoms with Crippen LogP contribution in [0.25, 0.3) is 0 Å². The van der Waals surface area contributed by atoms with Crippen molar-refractivity contribution < 1.29 is 9.18 Å². The average molecular weight is 561 g/mol. The molecular weight excluding hydrogens is 534 g/mol. The predicted molar refractivity (Wildman–Crippen MR) is 133 cm³/mol. The molecule has 1 saturated heterocycles. The number of pyridine rings is 1. The summed E-state index contributed by atoms with van der Waals surface area (Å²) in [5, 5.41) is 10.1. The van der Waals surface area contributed by atoms with E-state index in [-0.39, 0.29) is 48.2 Å². The van der Waals surface area contributed by atoms with Gasteiger partial charge in [-0.25, -0.2) is 9.37 Å². The second-order valence-corrected chi connectivity index (χ2v) is 7.44. The van der Waals surface area contributed by atoms with Gasteiger partial charge in [0.2, 0.25) is 5.91 Å². The molecule has 31 heavy (non-hydrogen) atoms. The number of aromatic nitrogens is 1. The summed E-state index contributed by atoms with van der Waals surface area (Å²) < 4.78 is 12.9. The van der Waals surface area contributed by atoms with Crippen molar-refractivity contribution in [1.82, 2.24) is 20.9 Å². The number of carbonyl (C=O) groups excluding carboxylic acids is 1. The van der Waals surface area contributed by atoms with Crippen LogP contribution in [-0.2, 0) is 11.2 Å². The molecule has 3 N–H and O–H groups in total. The second kappa shape index (κ2) is 12.7. The van der Waals surface area contributed by atoms with Crippen molar-refractivity contribution in [2.45, 2.75) is 18.9 Å². The molecule has 1 aromatic carbocycles. The van der Waals surface area contributed by atoms with Gasteiger partial charge in [-0.1, -0.05) is 23.7 Å². The largest absolute Gasteiger partial charge is 0.355 e. The standard InChI is InChI=1S/C21H26ClFN6O.HI/c1-24-21(27-11-10-25-19(30)13-15-4-6-16(23)7-5-15)28-17-8-12-29(14-17)20-18(22)3-2-9-26-20;/h2-7,9,17H,8,10-14H2,1H3,(H,25,30)(H2,24,27,28);1H. The lowest BCUT2D eigenvalue weighted by Gasteiger charge is -2.20. The highest BCUT2D eigenvalue weighted by molar-refractivity contribution is 14.0. The summed E-state index contributed by atoms with van der Waals surface area (Å²) in [5.74, 6) is 1.07. The number of carbonyl (C=O) groups is 1. The summed E-state index contributed by atoms with van der Waals surface area (Å²) in [7, 11) is 1.71. The van der Waals surface area contributed by atoms with Crippen LogP contribution in [-0.4, -0.2) is 56.1 Å². The number of guanidine groups is 1. The number of halogens is 3. The maximum atomic E-state index is 12.9. The van der Waals surface area contributed by atoms with Crippen molar-refractivity contribution in [3.8, 4) is 0 Å². The normalized spacial score (nSPS) is 15.9. The Labute approximate surface area is 203 Å². The summed E-state index contributed by atoms with van der Waals surface area (Å²) >= 11 is 6.24. The molecule has 1 unspecified atom stereocenters. The maximum Gasteiger partial charge on any atom is 0.224 e. The minimum atomic E-state index is -0.309. The van der Waals surface area contributed by atoms with Gasteiger partial charge in [0.05, 0.1) is 11.4 Å². The van der Waals surface area contributed by atoms with Crippen LogP contribution in [0.2, 0.25) is 5.02 Å². The first kappa shape index (κ1) is 25.1. The van der Waals surface area contributed by atoms with Crippen molar-refractivity contribution >= 4 is 53.3 Å². The van der Waals surface area contributed by atoms with Gasteiger partial charge in [-0.15, -0.1) is 24.0 Å². The minimum Gasteiger partial charge on any atom is -0.355 e. The molecule has 1 aromatic heterocycles. The molecule has 1 atom stereocenters. The summed E-state index contributed by atoms with van der Waals surface area (Å²) in [6.07, 6.45) is 2.91. The van der Waals surface area contributed by atoms with Crippen molar-refractivity contribution in [2.75, 3.05) is 38.1 Å². The Balaban J connectivity index is 0.00000341. The third-order valence-corrected chi connectivity index (χ3v) is 5.10. The van der Waals surface area contributed by atoms with E-state index in [4.69, 9.17) is 11.6 Å². The highest BCUT2D eigenvalue weighted by atomic mass is 127. The molecule has 10 heteroatoms. The van der Waals surface area contributed by atoms with Crippen LogP contribution in [0.5, 0.6) is 0 Å². The minimum absolute atomic E-state index is 0. The van der Waals surface area contributed by atoms with Crippen molar-refractivity contribution in [3.63, 3.8) is 0 Å². The van der Waals surface area contributed by atoms with Crippen LogP contribution in [0.1, 0.15) is 12.0 Å². The Morgan fingerprint density at radius 3 is 2.71 bits per heavy atom. The Morgan fingerprint density at radius 2 is 2.00 bits per heavy atom. The van der Waals surface area contributed by atoms with Crippen LogP contribution in [0.4, 0.5) is 10.2 Å². The van der Waals surface area contributed by atoms with E-state index in [0.29, 0.717) is 24.1 Å². The highest BCUT2D eigenvalue weighted by Crippen LogP contribution is 2.25. The van der Waals surface area contributed by atoms with Gasteiger partial charge in [0.25, 0.3) is 0 Å². The number of nitrogens with one attached hydrogen (secondary N) is 3. The number of rotatable bonds is 7. The number of aliphatic imine (C=N–C) groups is 1. The monoisotopic (exact) mass is 560 g/mol. The first-order valence-corrected chi connectivity index (χ1v) is 10.3. The molecule has 2 aromatic rings. The van der Waals surface area contributed by atoms with Gasteiger partial charge in [-0.2, -0.15) is 0 Å². The maximum absolute atomic E-state index is 12.9. The van der Waals surface area contributed by atoms with Gasteiger partial charge in [-0.3, -0.25) is 9.79 Å². The molecule has 168 valence electrons. The Kier molecular flexibility index (Phi) is 10.3. The number of hydrogen-bond donors (Lipinski definition) is 3. The molecule has 3 rings (SSSR count). The number of benzene rings is 1. The van der Waals surface area contributed by atoms with E-state index in [2.05, 4.69) is 30.8 Å². The average Bonchev–Trinajstić information content (AvgIpc) is 3.20. The van der Waals surface area contributed by atoms with Crippen molar-refractivity contribution in [2.24, 2.45) is 4.99 Å². The molecule has 1 fully saturated rings. The fourth-order valence-corrected chi connectivity index (χ4v) is 3.54. The molecular formula is C21H27ClFIN6O. The lowest BCUT2D eigenvalue weighted by Crippen LogP contribution is -2.46. The second-order valence-electron chi connectivity index (χ2n) is 7.04. The topological polar surface area (TPSA) is 81.6 Å². The van der Waals surface area contributed by atoms with E-state index >= 15 is 0 Å². The Hall–Kier alpha value is -2.14. The van der Waals surface area contributed by atoms with E-state index in [1.807, 2.05) is 12.1 Å². The summed E-state index contributed by atoms with van der Waals surface area (Å²) in [6, 6.07) is 9.82. The van der Waals surface area contributed by atoms with Crippen LogP contribution in [0.15, 0.2) is 47.6 Å². The van der Waals surface area contributed by atoms with Gasteiger partial charge in [-0.05, 0) is 36.2 Å². The molecule has 0 radical (unpaired) electrons. The summed E-state index contributed by atoms with van der Waals surface area (Å²) in [5.41, 5.74) is 0.776. The lowest BCUT2D eigenvalue weighted by atomic mass is 10.1. The number of amides is 1. The zero-order valence-electron chi connectivity index (χ0n) is 17.3. The number of hydrogen-bond acceptors (Lipinski definition) is 4. The third kappa shape index (κ3) is 7.80. The molecule has 0 spiro atoms. The Morgan fingerprint density at radius 1 is 1.26 bits per heavy atom. The smallest absolute Gasteiger partial charge is 0.224 e. The molecule has 2 heterocycles. The molecule has 7 nitrogen and oxygen atoms in total. The van der Waals surface area contributed by atoms with E-state index in [0.717, 1.165) is 30.9 Å². The van der Waals surface area contributed by atoms with Gasteiger partial charge in [0.15, 0.2) is 5.96 Å². The number of nitrogens with zero attached hydrogens (tertiary/aromatic N) is 3. The number of anilines is 1. The van der Waals surface area contributed by atoms with Crippen LogP contribution >= 0.6 is 35.6 Å². The van der Waals surface area contributed by atoms with Crippen LogP contribution in [0, 0.1) is 5.82 Å². The summed E-state index contributed by atoms with van der Waals surface area (Å²) in [4.78, 5) is 22.8. The van der Waals surface area contributed by atoms with Crippen LogP contribution < -0.4 is 20.9 Å². The van der Waals surface area contributed by atoms with E-state index in [1.54, 1.807) is 25.4 Å². The first-order chi connectivity index (χ1) is 14.5. The molecule has 0 aliphatic carbocycles. The SMILES string of the molecule is CN=C(NCCNC(=O)Cc1ccc(F)cc1)NC1CCN(c2ncccc2Cl)C1.I. The van der Waals surface area contributed by atoms with Gasteiger partial charge >= 0.3 is 0 Å². The van der Waals surface area contributed by atoms with Crippen molar-refractivity contribution in [3.05, 3.63) is 59.0 Å². The fourth-order valence-electron chi connectivity index (χ4n) is 3.30. The predicted octanol–water partition coefficient (Wildman–Crippen LogP) is 2.59. The fraction of sp³-hybridized carbons (Fsp3) is 0.381. The lowest BCUT2D eigenvalue weighted by molar-refractivity contribution is -0.120. The Bertz CT molecular complexity index is 882. The molecule has 1 aliphatic heterocycles. The van der Waals surface area contributed by atoms with E-state index < -0.39 is 0 Å². The van der Waals surface area contributed by atoms with Gasteiger partial charge in [0, 0.05) is 45.5 Å².